The molecule has 0 saturated heterocycles. The topological polar surface area (TPSA) is 96.5 Å². The lowest BCUT2D eigenvalue weighted by atomic mass is 9.80. The number of nitrogens with zero attached hydrogens (tertiary/aromatic N) is 4. The van der Waals surface area contributed by atoms with Crippen LogP contribution in [0.15, 0.2) is 24.5 Å². The van der Waals surface area contributed by atoms with Crippen LogP contribution in [0.3, 0.4) is 0 Å². The highest BCUT2D eigenvalue weighted by Crippen LogP contribution is 2.49. The van der Waals surface area contributed by atoms with Crippen LogP contribution >= 0.6 is 0 Å². The molecule has 2 saturated carbocycles. The maximum absolute atomic E-state index is 13.1. The number of rotatable bonds is 4. The first-order chi connectivity index (χ1) is 11.3. The maximum atomic E-state index is 13.1. The summed E-state index contributed by atoms with van der Waals surface area (Å²) < 4.78 is 0. The smallest absolute Gasteiger partial charge is 0.231 e. The van der Waals surface area contributed by atoms with Gasteiger partial charge >= 0.3 is 0 Å². The number of hydrogen-bond acceptors (Lipinski definition) is 5. The van der Waals surface area contributed by atoms with E-state index >= 15 is 0 Å². The Bertz CT molecular complexity index is 674. The van der Waals surface area contributed by atoms with Crippen molar-refractivity contribution in [2.45, 2.75) is 55.9 Å². The summed E-state index contributed by atoms with van der Waals surface area (Å²) in [6.45, 7) is 0. The van der Waals surface area contributed by atoms with Gasteiger partial charge in [-0.05, 0) is 43.4 Å². The third-order valence-electron chi connectivity index (χ3n) is 5.25. The quantitative estimate of drug-likeness (QED) is 0.894. The number of H-pyrrole nitrogens is 1. The van der Waals surface area contributed by atoms with Crippen LogP contribution in [-0.4, -0.2) is 31.5 Å². The van der Waals surface area contributed by atoms with Crippen LogP contribution in [0.4, 0.5) is 0 Å². The van der Waals surface area contributed by atoms with E-state index in [1.165, 1.54) is 6.42 Å². The van der Waals surface area contributed by atoms with E-state index in [0.717, 1.165) is 44.1 Å². The molecule has 2 fully saturated rings. The zero-order chi connectivity index (χ0) is 15.8. The lowest BCUT2D eigenvalue weighted by molar-refractivity contribution is -0.126. The monoisotopic (exact) mass is 312 g/mol. The molecule has 2 heterocycles. The third kappa shape index (κ3) is 2.40. The second-order valence-corrected chi connectivity index (χ2v) is 6.65. The predicted molar refractivity (Wildman–Crippen MR) is 82.2 cm³/mol. The van der Waals surface area contributed by atoms with Gasteiger partial charge in [0.05, 0.1) is 5.41 Å². The second-order valence-electron chi connectivity index (χ2n) is 6.65. The summed E-state index contributed by atoms with van der Waals surface area (Å²) in [7, 11) is 0. The van der Waals surface area contributed by atoms with Crippen LogP contribution in [0, 0.1) is 0 Å². The van der Waals surface area contributed by atoms with Gasteiger partial charge < -0.3 is 5.32 Å². The Morgan fingerprint density at radius 2 is 1.83 bits per heavy atom. The van der Waals surface area contributed by atoms with Crippen molar-refractivity contribution < 1.29 is 4.79 Å². The van der Waals surface area contributed by atoms with Gasteiger partial charge in [-0.15, -0.1) is 10.2 Å². The Morgan fingerprint density at radius 3 is 2.43 bits per heavy atom. The van der Waals surface area contributed by atoms with Crippen molar-refractivity contribution in [3.63, 3.8) is 0 Å². The summed E-state index contributed by atoms with van der Waals surface area (Å²) in [6, 6.07) is 3.88. The molecule has 0 unspecified atom stereocenters. The summed E-state index contributed by atoms with van der Waals surface area (Å²) in [5, 5.41) is 17.8. The minimum Gasteiger partial charge on any atom is -0.342 e. The number of carbonyl (C=O) groups is 1. The van der Waals surface area contributed by atoms with Gasteiger partial charge in [-0.2, -0.15) is 5.21 Å². The molecule has 7 nitrogen and oxygen atoms in total. The highest BCUT2D eigenvalue weighted by atomic mass is 16.2. The maximum Gasteiger partial charge on any atom is 0.231 e. The first kappa shape index (κ1) is 14.3. The van der Waals surface area contributed by atoms with Gasteiger partial charge in [0.15, 0.2) is 5.82 Å². The lowest BCUT2D eigenvalue weighted by Gasteiger charge is -2.36. The first-order valence-electron chi connectivity index (χ1n) is 8.22. The van der Waals surface area contributed by atoms with Gasteiger partial charge in [0.2, 0.25) is 5.91 Å². The second kappa shape index (κ2) is 5.40. The predicted octanol–water partition coefficient (Wildman–Crippen LogP) is 1.60. The Labute approximate surface area is 134 Å². The zero-order valence-electron chi connectivity index (χ0n) is 13.0. The molecule has 2 N–H and O–H groups in total. The Morgan fingerprint density at radius 1 is 1.09 bits per heavy atom. The fourth-order valence-corrected chi connectivity index (χ4v) is 3.70. The van der Waals surface area contributed by atoms with Crippen LogP contribution in [0.5, 0.6) is 0 Å². The molecule has 120 valence electrons. The summed E-state index contributed by atoms with van der Waals surface area (Å²) >= 11 is 0. The number of aromatic amines is 1. The molecule has 2 aromatic heterocycles. The molecule has 0 spiro atoms. The minimum atomic E-state index is -0.481. The minimum absolute atomic E-state index is 0.0791. The average Bonchev–Trinajstić information content (AvgIpc) is 3.23. The van der Waals surface area contributed by atoms with Gasteiger partial charge in [0, 0.05) is 12.4 Å². The average molecular weight is 312 g/mol. The van der Waals surface area contributed by atoms with Crippen molar-refractivity contribution >= 4 is 5.91 Å². The fraction of sp³-hybridized carbons (Fsp3) is 0.562. The van der Waals surface area contributed by atoms with E-state index in [1.807, 2.05) is 12.1 Å². The highest BCUT2D eigenvalue weighted by Gasteiger charge is 2.53. The molecule has 0 bridgehead atoms. The molecule has 2 aliphatic carbocycles. The normalized spacial score (nSPS) is 21.6. The molecule has 23 heavy (non-hydrogen) atoms. The molecule has 2 aliphatic rings. The SMILES string of the molecule is O=C(NC1(c2nn[nH]n2)CCCCC1)C1(c2ccncc2)CC1. The molecule has 1 amide bonds. The molecular weight excluding hydrogens is 292 g/mol. The van der Waals surface area contributed by atoms with Gasteiger partial charge in [-0.3, -0.25) is 9.78 Å². The summed E-state index contributed by atoms with van der Waals surface area (Å²) in [5.41, 5.74) is 0.159. The highest BCUT2D eigenvalue weighted by molar-refractivity contribution is 5.91. The van der Waals surface area contributed by atoms with E-state index in [9.17, 15) is 4.79 Å². The molecule has 0 radical (unpaired) electrons. The van der Waals surface area contributed by atoms with E-state index in [0.29, 0.717) is 5.82 Å². The van der Waals surface area contributed by atoms with E-state index in [2.05, 4.69) is 30.9 Å². The third-order valence-corrected chi connectivity index (χ3v) is 5.25. The van der Waals surface area contributed by atoms with Crippen LogP contribution in [-0.2, 0) is 15.7 Å². The Balaban J connectivity index is 1.61. The molecule has 0 atom stereocenters. The van der Waals surface area contributed by atoms with E-state index in [-0.39, 0.29) is 5.91 Å². The number of hydrogen-bond donors (Lipinski definition) is 2. The van der Waals surface area contributed by atoms with Crippen LogP contribution in [0.1, 0.15) is 56.3 Å². The largest absolute Gasteiger partial charge is 0.342 e. The number of carbonyl (C=O) groups excluding carboxylic acids is 1. The molecular formula is C16H20N6O. The lowest BCUT2D eigenvalue weighted by Crippen LogP contribution is -2.51. The summed E-state index contributed by atoms with van der Waals surface area (Å²) in [5.74, 6) is 0.687. The summed E-state index contributed by atoms with van der Waals surface area (Å²) in [4.78, 5) is 17.1. The standard InChI is InChI=1S/C16H20N6O/c23-14(15(8-9-15)12-4-10-17-11-5-12)18-16(6-2-1-3-7-16)13-19-21-22-20-13/h4-5,10-11H,1-3,6-9H2,(H,18,23)(H,19,20,21,22). The van der Waals surface area contributed by atoms with Crippen LogP contribution < -0.4 is 5.32 Å². The van der Waals surface area contributed by atoms with Crippen molar-refractivity contribution in [3.05, 3.63) is 35.9 Å². The van der Waals surface area contributed by atoms with E-state index in [1.54, 1.807) is 12.4 Å². The molecule has 4 rings (SSSR count). The summed E-state index contributed by atoms with van der Waals surface area (Å²) in [6.07, 6.45) is 10.3. The molecule has 7 heteroatoms. The molecule has 0 aliphatic heterocycles. The fourth-order valence-electron chi connectivity index (χ4n) is 3.70. The number of tetrazole rings is 1. The molecule has 0 aromatic carbocycles. The van der Waals surface area contributed by atoms with Crippen molar-refractivity contribution in [1.82, 2.24) is 30.9 Å². The zero-order valence-corrected chi connectivity index (χ0v) is 13.0. The van der Waals surface area contributed by atoms with Crippen LogP contribution in [0.25, 0.3) is 0 Å². The van der Waals surface area contributed by atoms with Crippen LogP contribution in [0.2, 0.25) is 0 Å². The number of amides is 1. The number of nitrogens with one attached hydrogen (secondary N) is 2. The van der Waals surface area contributed by atoms with Crippen molar-refractivity contribution in [3.8, 4) is 0 Å². The van der Waals surface area contributed by atoms with Gasteiger partial charge in [-0.1, -0.05) is 24.5 Å². The Hall–Kier alpha value is -2.31. The number of aromatic nitrogens is 5. The van der Waals surface area contributed by atoms with Crippen molar-refractivity contribution in [1.29, 1.82) is 0 Å². The van der Waals surface area contributed by atoms with Gasteiger partial charge in [0.25, 0.3) is 0 Å². The Kier molecular flexibility index (Phi) is 3.36. The first-order valence-corrected chi connectivity index (χ1v) is 8.22. The van der Waals surface area contributed by atoms with Gasteiger partial charge in [-0.25, -0.2) is 0 Å². The van der Waals surface area contributed by atoms with E-state index in [4.69, 9.17) is 0 Å². The van der Waals surface area contributed by atoms with Gasteiger partial charge in [0.1, 0.15) is 5.54 Å². The number of pyridine rings is 1. The van der Waals surface area contributed by atoms with E-state index < -0.39 is 11.0 Å². The van der Waals surface area contributed by atoms with Crippen molar-refractivity contribution in [2.75, 3.05) is 0 Å². The van der Waals surface area contributed by atoms with Crippen molar-refractivity contribution in [2.24, 2.45) is 0 Å². The molecule has 2 aromatic rings.